The summed E-state index contributed by atoms with van der Waals surface area (Å²) in [6.07, 6.45) is 7.87. The van der Waals surface area contributed by atoms with Crippen LogP contribution in [0.5, 0.6) is 0 Å². The molecular weight excluding hydrogens is 298 g/mol. The van der Waals surface area contributed by atoms with E-state index in [0.717, 1.165) is 23.6 Å². The van der Waals surface area contributed by atoms with Gasteiger partial charge in [-0.05, 0) is 43.5 Å². The molecule has 0 atom stereocenters. The molecule has 4 heteroatoms. The smallest absolute Gasteiger partial charge is 0.243 e. The van der Waals surface area contributed by atoms with Crippen molar-refractivity contribution < 1.29 is 4.79 Å². The molecule has 0 unspecified atom stereocenters. The molecule has 1 aliphatic rings. The summed E-state index contributed by atoms with van der Waals surface area (Å²) in [7, 11) is 0. The second kappa shape index (κ2) is 7.51. The first-order valence-electron chi connectivity index (χ1n) is 8.01. The first-order valence-corrected chi connectivity index (χ1v) is 8.01. The van der Waals surface area contributed by atoms with Crippen molar-refractivity contribution in [3.8, 4) is 0 Å². The van der Waals surface area contributed by atoms with E-state index in [9.17, 15) is 4.79 Å². The third kappa shape index (κ3) is 4.26. The van der Waals surface area contributed by atoms with Crippen molar-refractivity contribution >= 4 is 23.0 Å². The van der Waals surface area contributed by atoms with Gasteiger partial charge in [-0.15, -0.1) is 0 Å². The third-order valence-electron chi connectivity index (χ3n) is 3.76. The minimum atomic E-state index is -0.0342. The van der Waals surface area contributed by atoms with Gasteiger partial charge in [0.1, 0.15) is 0 Å². The van der Waals surface area contributed by atoms with Gasteiger partial charge in [-0.3, -0.25) is 4.79 Å². The van der Waals surface area contributed by atoms with E-state index in [1.165, 1.54) is 5.56 Å². The average Bonchev–Trinajstić information content (AvgIpc) is 2.59. The normalized spacial score (nSPS) is 13.0. The van der Waals surface area contributed by atoms with Crippen molar-refractivity contribution in [2.45, 2.75) is 6.92 Å². The lowest BCUT2D eigenvalue weighted by molar-refractivity contribution is -0.116. The van der Waals surface area contributed by atoms with Crippen LogP contribution < -0.4 is 10.6 Å². The Morgan fingerprint density at radius 1 is 1.04 bits per heavy atom. The fraction of sp³-hybridized carbons (Fsp3) is 0.150. The highest BCUT2D eigenvalue weighted by Gasteiger charge is 2.10. The Morgan fingerprint density at radius 3 is 2.50 bits per heavy atom. The molecule has 2 N–H and O–H groups in total. The van der Waals surface area contributed by atoms with Crippen LogP contribution >= 0.6 is 0 Å². The number of benzene rings is 2. The number of carbonyl (C=O) groups is 1. The van der Waals surface area contributed by atoms with Gasteiger partial charge >= 0.3 is 0 Å². The summed E-state index contributed by atoms with van der Waals surface area (Å²) in [6.45, 7) is 3.15. The van der Waals surface area contributed by atoms with Crippen molar-refractivity contribution in [3.05, 3.63) is 78.5 Å². The molecule has 0 spiro atoms. The highest BCUT2D eigenvalue weighted by molar-refractivity contribution is 5.96. The van der Waals surface area contributed by atoms with E-state index in [1.54, 1.807) is 0 Å². The molecule has 0 radical (unpaired) electrons. The molecule has 4 nitrogen and oxygen atoms in total. The number of para-hydroxylation sites is 2. The minimum Gasteiger partial charge on any atom is -0.364 e. The maximum Gasteiger partial charge on any atom is 0.243 e. The highest BCUT2D eigenvalue weighted by atomic mass is 16.2. The van der Waals surface area contributed by atoms with Crippen LogP contribution in [0.1, 0.15) is 5.56 Å². The fourth-order valence-corrected chi connectivity index (χ4v) is 2.49. The second-order valence-electron chi connectivity index (χ2n) is 5.78. The molecule has 1 aliphatic heterocycles. The number of hydrogen-bond donors (Lipinski definition) is 2. The van der Waals surface area contributed by atoms with Gasteiger partial charge in [0.25, 0.3) is 0 Å². The van der Waals surface area contributed by atoms with E-state index >= 15 is 0 Å². The lowest BCUT2D eigenvalue weighted by Gasteiger charge is -2.20. The zero-order valence-electron chi connectivity index (χ0n) is 13.7. The van der Waals surface area contributed by atoms with Gasteiger partial charge in [0.2, 0.25) is 5.91 Å². The van der Waals surface area contributed by atoms with Crippen LogP contribution in [-0.2, 0) is 4.79 Å². The predicted molar refractivity (Wildman–Crippen MR) is 99.4 cm³/mol. The fourth-order valence-electron chi connectivity index (χ4n) is 2.49. The molecule has 0 aromatic heterocycles. The largest absolute Gasteiger partial charge is 0.364 e. The number of nitrogens with one attached hydrogen (secondary N) is 2. The van der Waals surface area contributed by atoms with Gasteiger partial charge in [0.05, 0.1) is 17.9 Å². The van der Waals surface area contributed by atoms with E-state index in [0.29, 0.717) is 6.54 Å². The van der Waals surface area contributed by atoms with E-state index in [-0.39, 0.29) is 5.91 Å². The third-order valence-corrected chi connectivity index (χ3v) is 3.76. The molecule has 0 bridgehead atoms. The molecule has 122 valence electrons. The van der Waals surface area contributed by atoms with Gasteiger partial charge in [0, 0.05) is 12.2 Å². The molecule has 0 fully saturated rings. The Labute approximate surface area is 142 Å². The number of aryl methyl sites for hydroxylation is 1. The predicted octanol–water partition coefficient (Wildman–Crippen LogP) is 4.06. The number of carbonyl (C=O) groups excluding carboxylic acids is 1. The molecule has 1 heterocycles. The molecular formula is C20H21N3O. The maximum atomic E-state index is 12.3. The zero-order valence-corrected chi connectivity index (χ0v) is 13.7. The monoisotopic (exact) mass is 319 g/mol. The van der Waals surface area contributed by atoms with Crippen molar-refractivity contribution in [1.29, 1.82) is 0 Å². The Morgan fingerprint density at radius 2 is 1.79 bits per heavy atom. The van der Waals surface area contributed by atoms with Crippen molar-refractivity contribution in [1.82, 2.24) is 4.90 Å². The first kappa shape index (κ1) is 15.9. The van der Waals surface area contributed by atoms with Gasteiger partial charge in [-0.1, -0.05) is 42.0 Å². The summed E-state index contributed by atoms with van der Waals surface area (Å²) in [4.78, 5) is 14.3. The Balaban J connectivity index is 1.67. The molecule has 0 aliphatic carbocycles. The molecule has 24 heavy (non-hydrogen) atoms. The summed E-state index contributed by atoms with van der Waals surface area (Å²) < 4.78 is 0. The van der Waals surface area contributed by atoms with Crippen molar-refractivity contribution in [2.24, 2.45) is 0 Å². The van der Waals surface area contributed by atoms with Crippen LogP contribution in [0, 0.1) is 6.92 Å². The summed E-state index contributed by atoms with van der Waals surface area (Å²) in [5.74, 6) is -0.0342. The lowest BCUT2D eigenvalue weighted by atomic mass is 10.2. The lowest BCUT2D eigenvalue weighted by Crippen LogP contribution is -2.30. The van der Waals surface area contributed by atoms with Gasteiger partial charge in [0.15, 0.2) is 0 Å². The van der Waals surface area contributed by atoms with Crippen LogP contribution in [0.2, 0.25) is 0 Å². The van der Waals surface area contributed by atoms with E-state index < -0.39 is 0 Å². The van der Waals surface area contributed by atoms with Crippen LogP contribution in [0.15, 0.2) is 73.0 Å². The molecule has 2 aromatic rings. The van der Waals surface area contributed by atoms with E-state index in [4.69, 9.17) is 0 Å². The van der Waals surface area contributed by atoms with Crippen LogP contribution in [0.3, 0.4) is 0 Å². The second-order valence-corrected chi connectivity index (χ2v) is 5.78. The number of hydrogen-bond acceptors (Lipinski definition) is 3. The van der Waals surface area contributed by atoms with Gasteiger partial charge in [-0.25, -0.2) is 0 Å². The Kier molecular flexibility index (Phi) is 4.96. The van der Waals surface area contributed by atoms with Crippen molar-refractivity contribution in [2.75, 3.05) is 23.7 Å². The summed E-state index contributed by atoms with van der Waals surface area (Å²) in [5, 5.41) is 6.34. The summed E-state index contributed by atoms with van der Waals surface area (Å²) in [6, 6.07) is 15.9. The highest BCUT2D eigenvalue weighted by Crippen LogP contribution is 2.25. The van der Waals surface area contributed by atoms with Crippen molar-refractivity contribution in [3.63, 3.8) is 0 Å². The average molecular weight is 319 g/mol. The Bertz CT molecular complexity index is 763. The number of allylic oxidation sites excluding steroid dienone is 2. The summed E-state index contributed by atoms with van der Waals surface area (Å²) in [5.41, 5.74) is 3.86. The Hall–Kier alpha value is -3.01. The van der Waals surface area contributed by atoms with Gasteiger partial charge in [-0.2, -0.15) is 0 Å². The summed E-state index contributed by atoms with van der Waals surface area (Å²) >= 11 is 0. The number of nitrogens with zero attached hydrogens (tertiary/aromatic N) is 1. The number of anilines is 3. The number of rotatable bonds is 5. The van der Waals surface area contributed by atoms with Crippen LogP contribution in [-0.4, -0.2) is 23.9 Å². The standard InChI is InChI=1S/C20H21N3O/c1-16-9-11-17(12-10-16)21-18-7-3-4-8-19(18)22-20(24)15-23-13-5-2-6-14-23/h2-13,21H,14-15H2,1H3,(H,22,24). The van der Waals surface area contributed by atoms with E-state index in [1.807, 2.05) is 65.7 Å². The SMILES string of the molecule is Cc1ccc(Nc2ccccc2NC(=O)CN2C=CC=CC2)cc1. The first-order chi connectivity index (χ1) is 11.7. The van der Waals surface area contributed by atoms with Crippen LogP contribution in [0.25, 0.3) is 0 Å². The molecule has 0 saturated heterocycles. The topological polar surface area (TPSA) is 44.4 Å². The molecule has 2 aromatic carbocycles. The van der Waals surface area contributed by atoms with Crippen LogP contribution in [0.4, 0.5) is 17.1 Å². The van der Waals surface area contributed by atoms with E-state index in [2.05, 4.69) is 29.7 Å². The van der Waals surface area contributed by atoms with Gasteiger partial charge < -0.3 is 15.5 Å². The molecule has 3 rings (SSSR count). The molecule has 1 amide bonds. The minimum absolute atomic E-state index is 0.0342. The number of amides is 1. The zero-order chi connectivity index (χ0) is 16.8. The quantitative estimate of drug-likeness (QED) is 0.873. The maximum absolute atomic E-state index is 12.3. The molecule has 0 saturated carbocycles.